The van der Waals surface area contributed by atoms with Crippen LogP contribution in [0.4, 0.5) is 0 Å². The predicted octanol–water partition coefficient (Wildman–Crippen LogP) is 4.17. The second-order valence-electron chi connectivity index (χ2n) is 4.48. The zero-order chi connectivity index (χ0) is 14.2. The maximum absolute atomic E-state index is 12.1. The number of hydrogen-bond donors (Lipinski definition) is 0. The van der Waals surface area contributed by atoms with Gasteiger partial charge in [-0.2, -0.15) is 0 Å². The minimum Gasteiger partial charge on any atom is -0.423 e. The molecule has 2 nitrogen and oxygen atoms in total. The molecule has 20 heavy (non-hydrogen) atoms. The molecule has 0 aliphatic heterocycles. The molecule has 2 heteroatoms. The van der Waals surface area contributed by atoms with Crippen molar-refractivity contribution in [2.75, 3.05) is 0 Å². The maximum atomic E-state index is 12.1. The van der Waals surface area contributed by atoms with E-state index in [1.165, 1.54) is 5.56 Å². The quantitative estimate of drug-likeness (QED) is 0.461. The van der Waals surface area contributed by atoms with Gasteiger partial charge in [-0.1, -0.05) is 61.5 Å². The van der Waals surface area contributed by atoms with E-state index in [0.29, 0.717) is 17.7 Å². The molecule has 0 saturated heterocycles. The summed E-state index contributed by atoms with van der Waals surface area (Å²) in [6.45, 7) is 1.96. The molecule has 0 unspecified atom stereocenters. The van der Waals surface area contributed by atoms with Gasteiger partial charge in [-0.15, -0.1) is 0 Å². The lowest BCUT2D eigenvalue weighted by Crippen LogP contribution is -2.11. The molecule has 0 heterocycles. The first-order valence-corrected chi connectivity index (χ1v) is 6.79. The SMILES string of the molecule is CCC(=CCc1ccccc1)C(=O)Oc1ccccc1. The molecule has 0 amide bonds. The minimum atomic E-state index is -0.269. The van der Waals surface area contributed by atoms with Crippen molar-refractivity contribution in [3.63, 3.8) is 0 Å². The van der Waals surface area contributed by atoms with Gasteiger partial charge in [-0.3, -0.25) is 0 Å². The van der Waals surface area contributed by atoms with E-state index in [9.17, 15) is 4.79 Å². The zero-order valence-electron chi connectivity index (χ0n) is 11.6. The highest BCUT2D eigenvalue weighted by Crippen LogP contribution is 2.13. The fraction of sp³-hybridized carbons (Fsp3) is 0.167. The third-order valence-electron chi connectivity index (χ3n) is 3.02. The summed E-state index contributed by atoms with van der Waals surface area (Å²) < 4.78 is 5.35. The summed E-state index contributed by atoms with van der Waals surface area (Å²) in [5.41, 5.74) is 1.89. The van der Waals surface area contributed by atoms with Crippen LogP contribution < -0.4 is 4.74 Å². The molecular formula is C18H18O2. The van der Waals surface area contributed by atoms with E-state index < -0.39 is 0 Å². The van der Waals surface area contributed by atoms with Gasteiger partial charge in [-0.05, 0) is 30.5 Å². The maximum Gasteiger partial charge on any atom is 0.339 e. The van der Waals surface area contributed by atoms with E-state index in [2.05, 4.69) is 0 Å². The Hall–Kier alpha value is -2.35. The normalized spacial score (nSPS) is 11.2. The predicted molar refractivity (Wildman–Crippen MR) is 80.6 cm³/mol. The molecule has 0 aromatic heterocycles. The molecule has 2 aromatic rings. The Morgan fingerprint density at radius 1 is 1.00 bits per heavy atom. The Morgan fingerprint density at radius 3 is 2.20 bits per heavy atom. The van der Waals surface area contributed by atoms with Crippen molar-refractivity contribution in [3.8, 4) is 5.75 Å². The Kier molecular flexibility index (Phi) is 5.13. The summed E-state index contributed by atoms with van der Waals surface area (Å²) in [4.78, 5) is 12.1. The lowest BCUT2D eigenvalue weighted by atomic mass is 10.1. The van der Waals surface area contributed by atoms with E-state index in [0.717, 1.165) is 6.42 Å². The number of benzene rings is 2. The van der Waals surface area contributed by atoms with Crippen LogP contribution in [0.3, 0.4) is 0 Å². The molecule has 0 bridgehead atoms. The van der Waals surface area contributed by atoms with Gasteiger partial charge in [0.2, 0.25) is 0 Å². The van der Waals surface area contributed by atoms with Gasteiger partial charge in [0, 0.05) is 5.57 Å². The molecule has 0 radical (unpaired) electrons. The summed E-state index contributed by atoms with van der Waals surface area (Å²) in [5.74, 6) is 0.311. The van der Waals surface area contributed by atoms with Crippen molar-refractivity contribution in [1.82, 2.24) is 0 Å². The number of hydrogen-bond acceptors (Lipinski definition) is 2. The van der Waals surface area contributed by atoms with Crippen LogP contribution in [0.5, 0.6) is 5.75 Å². The number of rotatable bonds is 5. The summed E-state index contributed by atoms with van der Waals surface area (Å²) >= 11 is 0. The van der Waals surface area contributed by atoms with E-state index in [1.54, 1.807) is 12.1 Å². The van der Waals surface area contributed by atoms with E-state index in [1.807, 2.05) is 61.5 Å². The van der Waals surface area contributed by atoms with Crippen LogP contribution in [0.1, 0.15) is 18.9 Å². The van der Waals surface area contributed by atoms with Gasteiger partial charge in [-0.25, -0.2) is 4.79 Å². The van der Waals surface area contributed by atoms with Crippen LogP contribution in [-0.2, 0) is 11.2 Å². The first kappa shape index (κ1) is 14.1. The molecule has 0 aliphatic carbocycles. The third kappa shape index (κ3) is 4.09. The molecule has 2 rings (SSSR count). The van der Waals surface area contributed by atoms with Crippen molar-refractivity contribution in [3.05, 3.63) is 77.9 Å². The van der Waals surface area contributed by atoms with Crippen molar-refractivity contribution in [1.29, 1.82) is 0 Å². The molecular weight excluding hydrogens is 248 g/mol. The van der Waals surface area contributed by atoms with Crippen molar-refractivity contribution in [2.45, 2.75) is 19.8 Å². The van der Waals surface area contributed by atoms with Crippen molar-refractivity contribution >= 4 is 5.97 Å². The highest BCUT2D eigenvalue weighted by atomic mass is 16.5. The largest absolute Gasteiger partial charge is 0.423 e. The van der Waals surface area contributed by atoms with Crippen LogP contribution >= 0.6 is 0 Å². The average molecular weight is 266 g/mol. The zero-order valence-corrected chi connectivity index (χ0v) is 11.6. The molecule has 0 saturated carbocycles. The Labute approximate surface area is 119 Å². The molecule has 0 aliphatic rings. The highest BCUT2D eigenvalue weighted by Gasteiger charge is 2.09. The monoisotopic (exact) mass is 266 g/mol. The van der Waals surface area contributed by atoms with Gasteiger partial charge in [0.1, 0.15) is 5.75 Å². The standard InChI is InChI=1S/C18H18O2/c1-2-16(14-13-15-9-5-3-6-10-15)18(19)20-17-11-7-4-8-12-17/h3-12,14H,2,13H2,1H3. The van der Waals surface area contributed by atoms with Crippen molar-refractivity contribution in [2.24, 2.45) is 0 Å². The smallest absolute Gasteiger partial charge is 0.339 e. The third-order valence-corrected chi connectivity index (χ3v) is 3.02. The van der Waals surface area contributed by atoms with Gasteiger partial charge >= 0.3 is 5.97 Å². The lowest BCUT2D eigenvalue weighted by molar-refractivity contribution is -0.130. The number of ether oxygens (including phenoxy) is 1. The Balaban J connectivity index is 2.02. The number of carbonyl (C=O) groups is 1. The van der Waals surface area contributed by atoms with Crippen LogP contribution in [0, 0.1) is 0 Å². The second-order valence-corrected chi connectivity index (χ2v) is 4.48. The summed E-state index contributed by atoms with van der Waals surface area (Å²) in [7, 11) is 0. The van der Waals surface area contributed by atoms with Gasteiger partial charge in [0.25, 0.3) is 0 Å². The first-order valence-electron chi connectivity index (χ1n) is 6.79. The summed E-state index contributed by atoms with van der Waals surface area (Å²) in [5, 5.41) is 0. The highest BCUT2D eigenvalue weighted by molar-refractivity contribution is 5.90. The van der Waals surface area contributed by atoms with Gasteiger partial charge in [0.15, 0.2) is 0 Å². The molecule has 0 N–H and O–H groups in total. The Bertz CT molecular complexity index is 571. The van der Waals surface area contributed by atoms with Gasteiger partial charge < -0.3 is 4.74 Å². The number of allylic oxidation sites excluding steroid dienone is 1. The van der Waals surface area contributed by atoms with E-state index in [4.69, 9.17) is 4.74 Å². The molecule has 0 fully saturated rings. The molecule has 0 atom stereocenters. The van der Waals surface area contributed by atoms with Gasteiger partial charge in [0.05, 0.1) is 0 Å². The fourth-order valence-electron chi connectivity index (χ4n) is 1.89. The first-order chi connectivity index (χ1) is 9.79. The summed E-state index contributed by atoms with van der Waals surface area (Å²) in [6.07, 6.45) is 3.35. The molecule has 2 aromatic carbocycles. The average Bonchev–Trinajstić information content (AvgIpc) is 2.50. The summed E-state index contributed by atoms with van der Waals surface area (Å²) in [6, 6.07) is 19.2. The molecule has 102 valence electrons. The van der Waals surface area contributed by atoms with Crippen LogP contribution in [-0.4, -0.2) is 5.97 Å². The van der Waals surface area contributed by atoms with Crippen LogP contribution in [0.25, 0.3) is 0 Å². The number of esters is 1. The minimum absolute atomic E-state index is 0.269. The second kappa shape index (κ2) is 7.29. The topological polar surface area (TPSA) is 26.3 Å². The number of para-hydroxylation sites is 1. The van der Waals surface area contributed by atoms with Crippen LogP contribution in [0.2, 0.25) is 0 Å². The Morgan fingerprint density at radius 2 is 1.60 bits per heavy atom. The van der Waals surface area contributed by atoms with E-state index >= 15 is 0 Å². The lowest BCUT2D eigenvalue weighted by Gasteiger charge is -2.06. The number of carbonyl (C=O) groups excluding carboxylic acids is 1. The van der Waals surface area contributed by atoms with Crippen LogP contribution in [0.15, 0.2) is 72.3 Å². The van der Waals surface area contributed by atoms with E-state index in [-0.39, 0.29) is 5.97 Å². The van der Waals surface area contributed by atoms with Crippen molar-refractivity contribution < 1.29 is 9.53 Å². The molecule has 0 spiro atoms. The fourth-order valence-corrected chi connectivity index (χ4v) is 1.89.